The number of hydrogen-bond acceptors (Lipinski definition) is 8. The van der Waals surface area contributed by atoms with Gasteiger partial charge in [-0.2, -0.15) is 13.5 Å². The number of non-ortho nitro benzene ring substituents is 1. The van der Waals surface area contributed by atoms with Crippen molar-refractivity contribution in [1.82, 2.24) is 0 Å². The van der Waals surface area contributed by atoms with Crippen molar-refractivity contribution in [2.75, 3.05) is 5.73 Å². The zero-order valence-corrected chi connectivity index (χ0v) is 18.9. The Morgan fingerprint density at radius 3 is 2.31 bits per heavy atom. The Kier molecular flexibility index (Phi) is 8.31. The van der Waals surface area contributed by atoms with Crippen molar-refractivity contribution in [3.8, 4) is 5.75 Å². The molecule has 144 valence electrons. The maximum absolute atomic E-state index is 11.9. The number of nitro groups is 1. The summed E-state index contributed by atoms with van der Waals surface area (Å²) >= 11 is 0. The summed E-state index contributed by atoms with van der Waals surface area (Å²) in [6.07, 6.45) is 0. The van der Waals surface area contributed by atoms with E-state index in [2.05, 4.69) is 10.2 Å². The Bertz CT molecular complexity index is 1220. The minimum absolute atomic E-state index is 0. The van der Waals surface area contributed by atoms with Gasteiger partial charge in [-0.15, -0.1) is 5.11 Å². The molecular formula is C16H11CrN4NaO6S. The maximum Gasteiger partial charge on any atom is 1.00 e. The van der Waals surface area contributed by atoms with E-state index in [1.54, 1.807) is 0 Å². The SMILES string of the molecule is Nc1ccc2c(S(=O)(=O)O)cccc2c1N=Nc1ccc([N+](=O)[O-])cc1[O-].[Cr].[Na+]. The maximum atomic E-state index is 11.9. The Hall–Kier alpha value is -2.04. The standard InChI is InChI=1S/C16H12N4O6S.Cr.Na/c17-12-6-5-10-11(2-1-3-15(10)27(24,25)26)16(12)19-18-13-7-4-9(20(22)23)8-14(13)21;;/h1-8,21H,17H2,(H,24,25,26);;/q;;+1/p-1. The number of nitro benzene ring substituents is 1. The van der Waals surface area contributed by atoms with Gasteiger partial charge in [-0.1, -0.05) is 23.9 Å². The molecule has 0 unspecified atom stereocenters. The number of nitrogens with zero attached hydrogens (tertiary/aromatic N) is 3. The molecule has 3 N–H and O–H groups in total. The fraction of sp³-hybridized carbons (Fsp3) is 0. The molecule has 0 heterocycles. The van der Waals surface area contributed by atoms with E-state index < -0.39 is 20.8 Å². The molecule has 0 radical (unpaired) electrons. The van der Waals surface area contributed by atoms with E-state index in [4.69, 9.17) is 5.73 Å². The largest absolute Gasteiger partial charge is 1.00 e. The van der Waals surface area contributed by atoms with Crippen LogP contribution in [0.5, 0.6) is 5.75 Å². The van der Waals surface area contributed by atoms with Crippen LogP contribution in [0, 0.1) is 10.1 Å². The average molecular weight is 462 g/mol. The average Bonchev–Trinajstić information content (AvgIpc) is 2.60. The molecule has 3 aromatic carbocycles. The molecule has 0 fully saturated rings. The van der Waals surface area contributed by atoms with Crippen LogP contribution < -0.4 is 40.4 Å². The molecule has 0 aromatic heterocycles. The quantitative estimate of drug-likeness (QED) is 0.138. The summed E-state index contributed by atoms with van der Waals surface area (Å²) in [5.74, 6) is -0.703. The third-order valence-corrected chi connectivity index (χ3v) is 4.63. The van der Waals surface area contributed by atoms with Crippen molar-refractivity contribution in [3.05, 3.63) is 58.6 Å². The van der Waals surface area contributed by atoms with E-state index >= 15 is 0 Å². The van der Waals surface area contributed by atoms with E-state index in [1.807, 2.05) is 0 Å². The van der Waals surface area contributed by atoms with Gasteiger partial charge in [0.25, 0.3) is 15.8 Å². The molecule has 0 atom stereocenters. The summed E-state index contributed by atoms with van der Waals surface area (Å²) in [6, 6.07) is 10.0. The second-order valence-corrected chi connectivity index (χ2v) is 6.83. The molecule has 0 aliphatic rings. The van der Waals surface area contributed by atoms with E-state index in [-0.39, 0.29) is 79.9 Å². The molecule has 0 bridgehead atoms. The van der Waals surface area contributed by atoms with Gasteiger partial charge in [0.15, 0.2) is 0 Å². The van der Waals surface area contributed by atoms with Crippen LogP contribution >= 0.6 is 0 Å². The predicted molar refractivity (Wildman–Crippen MR) is 94.9 cm³/mol. The third-order valence-electron chi connectivity index (χ3n) is 3.71. The van der Waals surface area contributed by atoms with E-state index in [0.717, 1.165) is 18.2 Å². The molecular weight excluding hydrogens is 451 g/mol. The molecule has 0 saturated heterocycles. The van der Waals surface area contributed by atoms with Crippen LogP contribution in [0.3, 0.4) is 0 Å². The molecule has 0 amide bonds. The Morgan fingerprint density at radius 1 is 1.03 bits per heavy atom. The zero-order valence-electron chi connectivity index (χ0n) is 14.8. The predicted octanol–water partition coefficient (Wildman–Crippen LogP) is 0.0674. The van der Waals surface area contributed by atoms with Crippen LogP contribution in [0.2, 0.25) is 0 Å². The van der Waals surface area contributed by atoms with Crippen molar-refractivity contribution in [2.24, 2.45) is 10.2 Å². The van der Waals surface area contributed by atoms with Gasteiger partial charge in [0.05, 0.1) is 16.3 Å². The van der Waals surface area contributed by atoms with Crippen LogP contribution in [0.4, 0.5) is 22.7 Å². The van der Waals surface area contributed by atoms with Crippen LogP contribution in [-0.2, 0) is 27.5 Å². The Balaban J connectivity index is 0.00000210. The van der Waals surface area contributed by atoms with Crippen molar-refractivity contribution < 1.29 is 69.9 Å². The van der Waals surface area contributed by atoms with Gasteiger partial charge >= 0.3 is 29.6 Å². The Morgan fingerprint density at radius 2 is 1.72 bits per heavy atom. The van der Waals surface area contributed by atoms with Gasteiger partial charge in [-0.25, -0.2) is 0 Å². The van der Waals surface area contributed by atoms with Crippen molar-refractivity contribution in [1.29, 1.82) is 0 Å². The summed E-state index contributed by atoms with van der Waals surface area (Å²) in [5, 5.41) is 30.7. The minimum Gasteiger partial charge on any atom is -0.871 e. The second-order valence-electron chi connectivity index (χ2n) is 5.44. The van der Waals surface area contributed by atoms with Crippen molar-refractivity contribution in [2.45, 2.75) is 4.90 Å². The first-order chi connectivity index (χ1) is 12.7. The molecule has 10 nitrogen and oxygen atoms in total. The number of benzene rings is 3. The van der Waals surface area contributed by atoms with E-state index in [0.29, 0.717) is 5.39 Å². The molecule has 0 aliphatic carbocycles. The fourth-order valence-electron chi connectivity index (χ4n) is 2.47. The first kappa shape index (κ1) is 25.0. The molecule has 3 rings (SSSR count). The first-order valence-corrected chi connectivity index (χ1v) is 8.78. The van der Waals surface area contributed by atoms with Gasteiger partial charge < -0.3 is 10.8 Å². The number of fused-ring (bicyclic) bond motifs is 1. The topological polar surface area (TPSA) is 171 Å². The van der Waals surface area contributed by atoms with Crippen LogP contribution in [-0.4, -0.2) is 17.9 Å². The fourth-order valence-corrected chi connectivity index (χ4v) is 3.18. The number of nitrogen functional groups attached to an aromatic ring is 1. The molecule has 3 aromatic rings. The number of hydrogen-bond donors (Lipinski definition) is 2. The number of anilines is 1. The van der Waals surface area contributed by atoms with Crippen molar-refractivity contribution >= 4 is 43.6 Å². The third kappa shape index (κ3) is 5.31. The van der Waals surface area contributed by atoms with Gasteiger partial charge in [-0.3, -0.25) is 14.7 Å². The Labute approximate surface area is 197 Å². The summed E-state index contributed by atoms with van der Waals surface area (Å²) in [7, 11) is -4.47. The summed E-state index contributed by atoms with van der Waals surface area (Å²) in [4.78, 5) is 9.65. The first-order valence-electron chi connectivity index (χ1n) is 7.34. The van der Waals surface area contributed by atoms with Gasteiger partial charge in [0, 0.05) is 40.3 Å². The molecule has 29 heavy (non-hydrogen) atoms. The summed E-state index contributed by atoms with van der Waals surface area (Å²) in [5.41, 5.74) is 5.61. The van der Waals surface area contributed by atoms with Gasteiger partial charge in [-0.05, 0) is 18.2 Å². The zero-order chi connectivity index (χ0) is 19.8. The van der Waals surface area contributed by atoms with E-state index in [1.165, 1.54) is 30.3 Å². The summed E-state index contributed by atoms with van der Waals surface area (Å²) in [6.45, 7) is 0. The van der Waals surface area contributed by atoms with Crippen LogP contribution in [0.25, 0.3) is 10.8 Å². The van der Waals surface area contributed by atoms with Crippen molar-refractivity contribution in [3.63, 3.8) is 0 Å². The molecule has 0 aliphatic heterocycles. The normalized spacial score (nSPS) is 11.1. The molecule has 0 spiro atoms. The van der Waals surface area contributed by atoms with Crippen LogP contribution in [0.15, 0.2) is 63.7 Å². The minimum atomic E-state index is -4.47. The van der Waals surface area contributed by atoms with Crippen LogP contribution in [0.1, 0.15) is 0 Å². The summed E-state index contributed by atoms with van der Waals surface area (Å²) < 4.78 is 32.4. The monoisotopic (exact) mass is 462 g/mol. The number of nitrogens with two attached hydrogens (primary N) is 1. The van der Waals surface area contributed by atoms with Gasteiger partial charge in [0.1, 0.15) is 10.6 Å². The number of rotatable bonds is 4. The van der Waals surface area contributed by atoms with E-state index in [9.17, 15) is 28.2 Å². The number of azo groups is 1. The molecule has 0 saturated carbocycles. The van der Waals surface area contributed by atoms with Gasteiger partial charge in [0.2, 0.25) is 0 Å². The smallest absolute Gasteiger partial charge is 0.871 e. The molecule has 13 heteroatoms. The second kappa shape index (κ2) is 9.64.